The van der Waals surface area contributed by atoms with Gasteiger partial charge in [0, 0.05) is 22.5 Å². The lowest BCUT2D eigenvalue weighted by Gasteiger charge is -2.01. The number of fused-ring (bicyclic) bond motifs is 5. The molecule has 0 aliphatic carbocycles. The molecule has 2 N–H and O–H groups in total. The van der Waals surface area contributed by atoms with Gasteiger partial charge in [-0.2, -0.15) is 0 Å². The molecule has 4 aromatic rings. The van der Waals surface area contributed by atoms with E-state index in [4.69, 9.17) is 4.74 Å². The van der Waals surface area contributed by atoms with E-state index in [9.17, 15) is 9.59 Å². The number of H-pyrrole nitrogens is 2. The van der Waals surface area contributed by atoms with E-state index in [0.717, 1.165) is 21.7 Å². The highest BCUT2D eigenvalue weighted by Gasteiger charge is 2.16. The van der Waals surface area contributed by atoms with Gasteiger partial charge in [-0.05, 0) is 23.6 Å². The third kappa shape index (κ3) is 1.59. The topological polar surface area (TPSA) is 75.0 Å². The number of hydrogen-bond donors (Lipinski definition) is 2. The monoisotopic (exact) mass is 292 g/mol. The maximum Gasteiger partial charge on any atom is 0.339 e. The van der Waals surface area contributed by atoms with Crippen LogP contribution in [-0.4, -0.2) is 23.0 Å². The van der Waals surface area contributed by atoms with E-state index in [2.05, 4.69) is 9.97 Å². The first-order valence-electron chi connectivity index (χ1n) is 6.84. The third-order valence-corrected chi connectivity index (χ3v) is 3.94. The first kappa shape index (κ1) is 12.6. The summed E-state index contributed by atoms with van der Waals surface area (Å²) < 4.78 is 4.82. The molecule has 2 aromatic heterocycles. The second-order valence-electron chi connectivity index (χ2n) is 5.10. The van der Waals surface area contributed by atoms with Crippen molar-refractivity contribution in [2.24, 2.45) is 0 Å². The minimum atomic E-state index is -0.407. The SMILES string of the molecule is COC(=O)c1cccc2c1[nH]c1ccc3cc[nH]c(=O)c3c12. The first-order valence-corrected chi connectivity index (χ1v) is 6.84. The van der Waals surface area contributed by atoms with Gasteiger partial charge in [0.25, 0.3) is 5.56 Å². The maximum absolute atomic E-state index is 12.2. The molecule has 0 aliphatic rings. The highest BCUT2D eigenvalue weighted by Crippen LogP contribution is 2.32. The smallest absolute Gasteiger partial charge is 0.339 e. The number of para-hydroxylation sites is 1. The number of esters is 1. The van der Waals surface area contributed by atoms with Crippen molar-refractivity contribution in [1.29, 1.82) is 0 Å². The summed E-state index contributed by atoms with van der Waals surface area (Å²) in [5.41, 5.74) is 1.81. The molecule has 22 heavy (non-hydrogen) atoms. The van der Waals surface area contributed by atoms with Crippen LogP contribution in [0.5, 0.6) is 0 Å². The van der Waals surface area contributed by atoms with E-state index >= 15 is 0 Å². The molecular formula is C17H12N2O3. The van der Waals surface area contributed by atoms with Gasteiger partial charge in [-0.1, -0.05) is 18.2 Å². The molecule has 108 valence electrons. The second-order valence-corrected chi connectivity index (χ2v) is 5.10. The van der Waals surface area contributed by atoms with Crippen LogP contribution in [0, 0.1) is 0 Å². The van der Waals surface area contributed by atoms with E-state index in [-0.39, 0.29) is 5.56 Å². The fourth-order valence-electron chi connectivity index (χ4n) is 2.98. The van der Waals surface area contributed by atoms with Crippen LogP contribution in [-0.2, 0) is 4.74 Å². The van der Waals surface area contributed by atoms with Crippen LogP contribution < -0.4 is 5.56 Å². The molecule has 0 amide bonds. The molecule has 0 saturated heterocycles. The Labute approximate surface area is 124 Å². The predicted molar refractivity (Wildman–Crippen MR) is 85.3 cm³/mol. The number of aromatic nitrogens is 2. The molecule has 0 aliphatic heterocycles. The summed E-state index contributed by atoms with van der Waals surface area (Å²) in [5.74, 6) is -0.407. The number of carbonyl (C=O) groups is 1. The molecule has 0 fully saturated rings. The number of ether oxygens (including phenoxy) is 1. The van der Waals surface area contributed by atoms with E-state index < -0.39 is 5.97 Å². The van der Waals surface area contributed by atoms with Gasteiger partial charge in [-0.15, -0.1) is 0 Å². The molecule has 4 rings (SSSR count). The summed E-state index contributed by atoms with van der Waals surface area (Å²) in [4.78, 5) is 30.1. The predicted octanol–water partition coefficient (Wildman–Crippen LogP) is 2.95. The van der Waals surface area contributed by atoms with Crippen LogP contribution in [0.15, 0.2) is 47.4 Å². The van der Waals surface area contributed by atoms with E-state index in [1.807, 2.05) is 24.3 Å². The molecule has 0 radical (unpaired) electrons. The minimum absolute atomic E-state index is 0.146. The summed E-state index contributed by atoms with van der Waals surface area (Å²) >= 11 is 0. The number of rotatable bonds is 1. The van der Waals surface area contributed by atoms with Gasteiger partial charge in [0.1, 0.15) is 0 Å². The number of pyridine rings is 1. The zero-order chi connectivity index (χ0) is 15.3. The summed E-state index contributed by atoms with van der Waals surface area (Å²) in [6.45, 7) is 0. The Bertz CT molecular complexity index is 1110. The van der Waals surface area contributed by atoms with E-state index in [0.29, 0.717) is 16.5 Å². The van der Waals surface area contributed by atoms with Gasteiger partial charge in [0.2, 0.25) is 0 Å². The van der Waals surface area contributed by atoms with Crippen LogP contribution in [0.2, 0.25) is 0 Å². The van der Waals surface area contributed by atoms with Gasteiger partial charge in [-0.25, -0.2) is 4.79 Å². The van der Waals surface area contributed by atoms with Crippen molar-refractivity contribution in [3.05, 3.63) is 58.5 Å². The van der Waals surface area contributed by atoms with E-state index in [1.165, 1.54) is 7.11 Å². The molecule has 2 aromatic carbocycles. The van der Waals surface area contributed by atoms with Crippen LogP contribution >= 0.6 is 0 Å². The fraction of sp³-hybridized carbons (Fsp3) is 0.0588. The second kappa shape index (κ2) is 4.46. The summed E-state index contributed by atoms with van der Waals surface area (Å²) in [6, 6.07) is 11.1. The molecule has 0 saturated carbocycles. The average molecular weight is 292 g/mol. The Morgan fingerprint density at radius 2 is 1.95 bits per heavy atom. The number of carbonyl (C=O) groups excluding carboxylic acids is 1. The number of aromatic amines is 2. The Morgan fingerprint density at radius 3 is 2.77 bits per heavy atom. The maximum atomic E-state index is 12.2. The van der Waals surface area contributed by atoms with Gasteiger partial charge < -0.3 is 14.7 Å². The highest BCUT2D eigenvalue weighted by molar-refractivity contribution is 6.22. The van der Waals surface area contributed by atoms with Crippen molar-refractivity contribution in [1.82, 2.24) is 9.97 Å². The Kier molecular flexibility index (Phi) is 2.56. The number of nitrogens with one attached hydrogen (secondary N) is 2. The molecule has 0 bridgehead atoms. The van der Waals surface area contributed by atoms with Crippen molar-refractivity contribution in [2.75, 3.05) is 7.11 Å². The van der Waals surface area contributed by atoms with E-state index in [1.54, 1.807) is 18.3 Å². The lowest BCUT2D eigenvalue weighted by Crippen LogP contribution is -2.04. The normalized spacial score (nSPS) is 11.3. The average Bonchev–Trinajstić information content (AvgIpc) is 2.93. The third-order valence-electron chi connectivity index (χ3n) is 3.94. The van der Waals surface area contributed by atoms with Crippen LogP contribution in [0.25, 0.3) is 32.6 Å². The quantitative estimate of drug-likeness (QED) is 0.530. The molecule has 2 heterocycles. The van der Waals surface area contributed by atoms with Gasteiger partial charge in [-0.3, -0.25) is 4.79 Å². The van der Waals surface area contributed by atoms with Crippen LogP contribution in [0.3, 0.4) is 0 Å². The van der Waals surface area contributed by atoms with Crippen molar-refractivity contribution in [3.63, 3.8) is 0 Å². The van der Waals surface area contributed by atoms with Gasteiger partial charge in [0.05, 0.1) is 23.6 Å². The number of methoxy groups -OCH3 is 1. The number of hydrogen-bond acceptors (Lipinski definition) is 3. The zero-order valence-corrected chi connectivity index (χ0v) is 11.8. The molecule has 0 spiro atoms. The van der Waals surface area contributed by atoms with Crippen molar-refractivity contribution in [3.8, 4) is 0 Å². The lowest BCUT2D eigenvalue weighted by molar-refractivity contribution is 0.0603. The molecule has 0 unspecified atom stereocenters. The molecule has 5 nitrogen and oxygen atoms in total. The fourth-order valence-corrected chi connectivity index (χ4v) is 2.98. The standard InChI is InChI=1S/C17H12N2O3/c1-22-17(21)11-4-2-3-10-14-12(19-15(10)11)6-5-9-7-8-18-16(20)13(9)14/h2-8,19H,1H3,(H,18,20). The largest absolute Gasteiger partial charge is 0.465 e. The minimum Gasteiger partial charge on any atom is -0.465 e. The highest BCUT2D eigenvalue weighted by atomic mass is 16.5. The lowest BCUT2D eigenvalue weighted by atomic mass is 10.0. The summed E-state index contributed by atoms with van der Waals surface area (Å²) in [6.07, 6.45) is 1.63. The van der Waals surface area contributed by atoms with Gasteiger partial charge in [0.15, 0.2) is 0 Å². The zero-order valence-electron chi connectivity index (χ0n) is 11.8. The Balaban J connectivity index is 2.27. The van der Waals surface area contributed by atoms with Crippen LogP contribution in [0.4, 0.5) is 0 Å². The molecule has 5 heteroatoms. The summed E-state index contributed by atoms with van der Waals surface area (Å²) in [5, 5.41) is 3.13. The Morgan fingerprint density at radius 1 is 1.09 bits per heavy atom. The first-order chi connectivity index (χ1) is 10.7. The summed E-state index contributed by atoms with van der Waals surface area (Å²) in [7, 11) is 1.35. The van der Waals surface area contributed by atoms with Crippen molar-refractivity contribution in [2.45, 2.75) is 0 Å². The molecule has 0 atom stereocenters. The Hall–Kier alpha value is -3.08. The van der Waals surface area contributed by atoms with Crippen molar-refractivity contribution < 1.29 is 9.53 Å². The molecular weight excluding hydrogens is 280 g/mol. The van der Waals surface area contributed by atoms with Crippen LogP contribution in [0.1, 0.15) is 10.4 Å². The van der Waals surface area contributed by atoms with Gasteiger partial charge >= 0.3 is 5.97 Å². The number of benzene rings is 2. The van der Waals surface area contributed by atoms with Crippen molar-refractivity contribution >= 4 is 38.5 Å².